The lowest BCUT2D eigenvalue weighted by Crippen LogP contribution is -2.03. The highest BCUT2D eigenvalue weighted by Crippen LogP contribution is 2.49. The van der Waals surface area contributed by atoms with Crippen molar-refractivity contribution in [2.45, 2.75) is 38.5 Å². The van der Waals surface area contributed by atoms with Crippen LogP contribution in [0.3, 0.4) is 0 Å². The van der Waals surface area contributed by atoms with Crippen LogP contribution in [0, 0.1) is 5.92 Å². The Labute approximate surface area is 127 Å². The SMILES string of the molecule is CCC(C)c1ccc(C(=O)C2CC2c2ccccc2)cc1. The van der Waals surface area contributed by atoms with Crippen LogP contribution >= 0.6 is 0 Å². The lowest BCUT2D eigenvalue weighted by molar-refractivity contribution is 0.0965. The average molecular weight is 278 g/mol. The summed E-state index contributed by atoms with van der Waals surface area (Å²) in [6, 6.07) is 18.6. The molecule has 1 saturated carbocycles. The molecule has 3 atom stereocenters. The van der Waals surface area contributed by atoms with E-state index in [0.29, 0.717) is 17.6 Å². The number of hydrogen-bond donors (Lipinski definition) is 0. The van der Waals surface area contributed by atoms with Gasteiger partial charge in [0, 0.05) is 11.5 Å². The molecule has 0 aromatic heterocycles. The summed E-state index contributed by atoms with van der Waals surface area (Å²) >= 11 is 0. The molecule has 0 N–H and O–H groups in total. The van der Waals surface area contributed by atoms with Gasteiger partial charge in [0.1, 0.15) is 0 Å². The van der Waals surface area contributed by atoms with Gasteiger partial charge in [-0.3, -0.25) is 4.79 Å². The van der Waals surface area contributed by atoms with Crippen LogP contribution in [-0.2, 0) is 0 Å². The Kier molecular flexibility index (Phi) is 3.92. The number of rotatable bonds is 5. The molecule has 0 saturated heterocycles. The fraction of sp³-hybridized carbons (Fsp3) is 0.350. The maximum absolute atomic E-state index is 12.5. The van der Waals surface area contributed by atoms with Crippen molar-refractivity contribution in [3.05, 3.63) is 71.3 Å². The predicted octanol–water partition coefficient (Wildman–Crippen LogP) is 5.19. The van der Waals surface area contributed by atoms with E-state index in [1.807, 2.05) is 18.2 Å². The summed E-state index contributed by atoms with van der Waals surface area (Å²) in [4.78, 5) is 12.5. The summed E-state index contributed by atoms with van der Waals surface area (Å²) in [5.41, 5.74) is 3.49. The van der Waals surface area contributed by atoms with Crippen LogP contribution in [0.4, 0.5) is 0 Å². The van der Waals surface area contributed by atoms with Crippen LogP contribution in [0.2, 0.25) is 0 Å². The first-order valence-electron chi connectivity index (χ1n) is 7.89. The predicted molar refractivity (Wildman–Crippen MR) is 86.8 cm³/mol. The monoisotopic (exact) mass is 278 g/mol. The zero-order valence-electron chi connectivity index (χ0n) is 12.8. The molecule has 1 nitrogen and oxygen atoms in total. The third kappa shape index (κ3) is 2.92. The van der Waals surface area contributed by atoms with Gasteiger partial charge in [0.25, 0.3) is 0 Å². The molecule has 0 radical (unpaired) electrons. The Bertz CT molecular complexity index is 612. The molecule has 0 spiro atoms. The zero-order valence-corrected chi connectivity index (χ0v) is 12.8. The Morgan fingerprint density at radius 1 is 1.10 bits per heavy atom. The van der Waals surface area contributed by atoms with Gasteiger partial charge in [-0.15, -0.1) is 0 Å². The van der Waals surface area contributed by atoms with Crippen molar-refractivity contribution in [1.82, 2.24) is 0 Å². The van der Waals surface area contributed by atoms with Crippen LogP contribution in [0.1, 0.15) is 60.0 Å². The zero-order chi connectivity index (χ0) is 14.8. The maximum atomic E-state index is 12.5. The minimum absolute atomic E-state index is 0.182. The number of hydrogen-bond acceptors (Lipinski definition) is 1. The van der Waals surface area contributed by atoms with Crippen molar-refractivity contribution >= 4 is 5.78 Å². The number of carbonyl (C=O) groups is 1. The summed E-state index contributed by atoms with van der Waals surface area (Å²) in [6.07, 6.45) is 2.13. The van der Waals surface area contributed by atoms with Crippen molar-refractivity contribution in [3.63, 3.8) is 0 Å². The molecule has 108 valence electrons. The molecule has 3 unspecified atom stereocenters. The number of benzene rings is 2. The molecule has 1 aliphatic carbocycles. The normalized spacial score (nSPS) is 21.8. The second-order valence-electron chi connectivity index (χ2n) is 6.15. The van der Waals surface area contributed by atoms with Crippen LogP contribution in [0.5, 0.6) is 0 Å². The van der Waals surface area contributed by atoms with Crippen molar-refractivity contribution in [1.29, 1.82) is 0 Å². The molecule has 0 bridgehead atoms. The molecule has 0 aliphatic heterocycles. The van der Waals surface area contributed by atoms with Crippen molar-refractivity contribution < 1.29 is 4.79 Å². The van der Waals surface area contributed by atoms with E-state index in [1.54, 1.807) is 0 Å². The lowest BCUT2D eigenvalue weighted by Gasteiger charge is -2.09. The fourth-order valence-electron chi connectivity index (χ4n) is 2.98. The fourth-order valence-corrected chi connectivity index (χ4v) is 2.98. The number of Topliss-reactive ketones (excluding diaryl/α,β-unsaturated/α-hetero) is 1. The Balaban J connectivity index is 1.70. The number of ketones is 1. The van der Waals surface area contributed by atoms with Gasteiger partial charge < -0.3 is 0 Å². The molecular weight excluding hydrogens is 256 g/mol. The quantitative estimate of drug-likeness (QED) is 0.688. The van der Waals surface area contributed by atoms with Gasteiger partial charge in [0.2, 0.25) is 0 Å². The maximum Gasteiger partial charge on any atom is 0.166 e. The van der Waals surface area contributed by atoms with E-state index >= 15 is 0 Å². The first-order valence-corrected chi connectivity index (χ1v) is 7.89. The highest BCUT2D eigenvalue weighted by molar-refractivity contribution is 6.00. The van der Waals surface area contributed by atoms with Gasteiger partial charge in [-0.25, -0.2) is 0 Å². The van der Waals surface area contributed by atoms with Gasteiger partial charge in [-0.1, -0.05) is 68.4 Å². The molecule has 2 aromatic carbocycles. The van der Waals surface area contributed by atoms with E-state index in [1.165, 1.54) is 11.1 Å². The summed E-state index contributed by atoms with van der Waals surface area (Å²) in [5.74, 6) is 1.47. The lowest BCUT2D eigenvalue weighted by atomic mass is 9.95. The molecule has 3 rings (SSSR count). The van der Waals surface area contributed by atoms with Crippen molar-refractivity contribution in [3.8, 4) is 0 Å². The summed E-state index contributed by atoms with van der Waals surface area (Å²) in [6.45, 7) is 4.42. The Hall–Kier alpha value is -1.89. The molecule has 1 fully saturated rings. The van der Waals surface area contributed by atoms with Crippen molar-refractivity contribution in [2.24, 2.45) is 5.92 Å². The first kappa shape index (κ1) is 14.1. The van der Waals surface area contributed by atoms with Gasteiger partial charge in [-0.05, 0) is 35.8 Å². The van der Waals surface area contributed by atoms with Crippen molar-refractivity contribution in [2.75, 3.05) is 0 Å². The first-order chi connectivity index (χ1) is 10.2. The molecular formula is C20H22O. The second kappa shape index (κ2) is 5.85. The number of carbonyl (C=O) groups excluding carboxylic acids is 1. The van der Waals surface area contributed by atoms with Crippen LogP contribution in [0.25, 0.3) is 0 Å². The minimum Gasteiger partial charge on any atom is -0.294 e. The third-order valence-electron chi connectivity index (χ3n) is 4.73. The molecule has 21 heavy (non-hydrogen) atoms. The molecule has 1 aliphatic rings. The van der Waals surface area contributed by atoms with Gasteiger partial charge in [-0.2, -0.15) is 0 Å². The van der Waals surface area contributed by atoms with Gasteiger partial charge >= 0.3 is 0 Å². The average Bonchev–Trinajstić information content (AvgIpc) is 3.35. The standard InChI is InChI=1S/C20H22O/c1-3-14(2)15-9-11-17(12-10-15)20(21)19-13-18(19)16-7-5-4-6-8-16/h4-12,14,18-19H,3,13H2,1-2H3. The Morgan fingerprint density at radius 3 is 2.38 bits per heavy atom. The summed E-state index contributed by atoms with van der Waals surface area (Å²) < 4.78 is 0. The summed E-state index contributed by atoms with van der Waals surface area (Å²) in [5, 5.41) is 0. The highest BCUT2D eigenvalue weighted by atomic mass is 16.1. The van der Waals surface area contributed by atoms with E-state index in [0.717, 1.165) is 18.4 Å². The minimum atomic E-state index is 0.182. The third-order valence-corrected chi connectivity index (χ3v) is 4.73. The highest BCUT2D eigenvalue weighted by Gasteiger charge is 2.43. The van der Waals surface area contributed by atoms with E-state index in [-0.39, 0.29) is 5.92 Å². The molecule has 2 aromatic rings. The van der Waals surface area contributed by atoms with E-state index in [2.05, 4.69) is 50.2 Å². The molecule has 1 heteroatoms. The van der Waals surface area contributed by atoms with Crippen LogP contribution < -0.4 is 0 Å². The van der Waals surface area contributed by atoms with E-state index < -0.39 is 0 Å². The topological polar surface area (TPSA) is 17.1 Å². The van der Waals surface area contributed by atoms with Crippen LogP contribution in [0.15, 0.2) is 54.6 Å². The van der Waals surface area contributed by atoms with Crippen LogP contribution in [-0.4, -0.2) is 5.78 Å². The smallest absolute Gasteiger partial charge is 0.166 e. The largest absolute Gasteiger partial charge is 0.294 e. The second-order valence-corrected chi connectivity index (χ2v) is 6.15. The summed E-state index contributed by atoms with van der Waals surface area (Å²) in [7, 11) is 0. The van der Waals surface area contributed by atoms with E-state index in [4.69, 9.17) is 0 Å². The van der Waals surface area contributed by atoms with Gasteiger partial charge in [0.05, 0.1) is 0 Å². The Morgan fingerprint density at radius 2 is 1.76 bits per heavy atom. The molecule has 0 heterocycles. The van der Waals surface area contributed by atoms with Gasteiger partial charge in [0.15, 0.2) is 5.78 Å². The van der Waals surface area contributed by atoms with E-state index in [9.17, 15) is 4.79 Å². The molecule has 0 amide bonds.